The van der Waals surface area contributed by atoms with E-state index in [2.05, 4.69) is 9.97 Å². The van der Waals surface area contributed by atoms with Gasteiger partial charge in [-0.05, 0) is 17.7 Å². The minimum absolute atomic E-state index is 0.109. The molecule has 5 heteroatoms. The highest BCUT2D eigenvalue weighted by Gasteiger charge is 2.14. The first-order valence-corrected chi connectivity index (χ1v) is 6.67. The van der Waals surface area contributed by atoms with E-state index in [0.29, 0.717) is 16.4 Å². The van der Waals surface area contributed by atoms with E-state index in [1.807, 2.05) is 18.2 Å². The molecule has 0 saturated carbocycles. The Morgan fingerprint density at radius 2 is 1.71 bits per heavy atom. The zero-order chi connectivity index (χ0) is 14.8. The highest BCUT2D eigenvalue weighted by Crippen LogP contribution is 2.27. The van der Waals surface area contributed by atoms with Crippen LogP contribution in [0.15, 0.2) is 59.4 Å². The number of aromatic amines is 1. The first-order valence-electron chi connectivity index (χ1n) is 6.30. The molecule has 3 aromatic rings. The van der Waals surface area contributed by atoms with E-state index in [0.717, 1.165) is 5.56 Å². The second-order valence-corrected chi connectivity index (χ2v) is 4.93. The lowest BCUT2D eigenvalue weighted by atomic mass is 10.1. The van der Waals surface area contributed by atoms with Crippen LogP contribution in [0.5, 0.6) is 5.88 Å². The smallest absolute Gasteiger partial charge is 0.262 e. The highest BCUT2D eigenvalue weighted by molar-refractivity contribution is 6.30. The minimum atomic E-state index is -0.413. The van der Waals surface area contributed by atoms with Gasteiger partial charge in [0.05, 0.1) is 0 Å². The number of rotatable bonds is 2. The van der Waals surface area contributed by atoms with Crippen LogP contribution < -0.4 is 5.56 Å². The normalized spacial score (nSPS) is 10.5. The van der Waals surface area contributed by atoms with Crippen molar-refractivity contribution in [1.29, 1.82) is 0 Å². The van der Waals surface area contributed by atoms with Gasteiger partial charge in [0, 0.05) is 10.6 Å². The van der Waals surface area contributed by atoms with E-state index in [1.165, 1.54) is 0 Å². The Morgan fingerprint density at radius 1 is 1.00 bits per heavy atom. The average Bonchev–Trinajstić information content (AvgIpc) is 2.47. The highest BCUT2D eigenvalue weighted by atomic mass is 35.5. The van der Waals surface area contributed by atoms with Gasteiger partial charge in [0.25, 0.3) is 5.56 Å². The fourth-order valence-corrected chi connectivity index (χ4v) is 2.29. The lowest BCUT2D eigenvalue weighted by Gasteiger charge is -2.06. The Kier molecular flexibility index (Phi) is 3.46. The van der Waals surface area contributed by atoms with Gasteiger partial charge in [-0.2, -0.15) is 4.98 Å². The summed E-state index contributed by atoms with van der Waals surface area (Å²) in [6.45, 7) is 0. The van der Waals surface area contributed by atoms with Crippen molar-refractivity contribution in [3.8, 4) is 28.4 Å². The molecule has 3 rings (SSSR count). The van der Waals surface area contributed by atoms with E-state index >= 15 is 0 Å². The SMILES string of the molecule is O=c1[nH]c(-c2ccccc2)nc(O)c1-c1cccc(Cl)c1. The Labute approximate surface area is 125 Å². The van der Waals surface area contributed by atoms with Gasteiger partial charge in [0.2, 0.25) is 5.88 Å². The Bertz CT molecular complexity index is 844. The van der Waals surface area contributed by atoms with Crippen LogP contribution in [0.2, 0.25) is 5.02 Å². The summed E-state index contributed by atoms with van der Waals surface area (Å²) in [5, 5.41) is 10.6. The van der Waals surface area contributed by atoms with E-state index in [4.69, 9.17) is 11.6 Å². The van der Waals surface area contributed by atoms with Crippen LogP contribution in [0.4, 0.5) is 0 Å². The molecule has 0 aliphatic carbocycles. The molecule has 2 N–H and O–H groups in total. The molecule has 0 aliphatic heterocycles. The number of hydrogen-bond acceptors (Lipinski definition) is 3. The van der Waals surface area contributed by atoms with Crippen molar-refractivity contribution in [2.45, 2.75) is 0 Å². The summed E-state index contributed by atoms with van der Waals surface area (Å²) in [6, 6.07) is 15.8. The molecule has 0 aliphatic rings. The monoisotopic (exact) mass is 298 g/mol. The van der Waals surface area contributed by atoms with Gasteiger partial charge in [-0.3, -0.25) is 4.79 Å². The first-order chi connectivity index (χ1) is 10.1. The van der Waals surface area contributed by atoms with Crippen LogP contribution in [0.1, 0.15) is 0 Å². The zero-order valence-corrected chi connectivity index (χ0v) is 11.6. The van der Waals surface area contributed by atoms with Crippen LogP contribution in [-0.4, -0.2) is 15.1 Å². The van der Waals surface area contributed by atoms with Crippen LogP contribution >= 0.6 is 11.6 Å². The van der Waals surface area contributed by atoms with Crippen molar-refractivity contribution < 1.29 is 5.11 Å². The zero-order valence-electron chi connectivity index (χ0n) is 10.9. The summed E-state index contributed by atoms with van der Waals surface area (Å²) in [4.78, 5) is 19.0. The van der Waals surface area contributed by atoms with Gasteiger partial charge in [0.15, 0.2) is 0 Å². The molecule has 104 valence electrons. The number of benzene rings is 2. The van der Waals surface area contributed by atoms with Gasteiger partial charge in [0.1, 0.15) is 11.4 Å². The van der Waals surface area contributed by atoms with Crippen LogP contribution in [0, 0.1) is 0 Å². The molecule has 0 atom stereocenters. The van der Waals surface area contributed by atoms with Crippen molar-refractivity contribution in [3.05, 3.63) is 70.0 Å². The molecule has 0 bridgehead atoms. The maximum atomic E-state index is 12.2. The van der Waals surface area contributed by atoms with E-state index in [1.54, 1.807) is 36.4 Å². The van der Waals surface area contributed by atoms with Gasteiger partial charge in [-0.15, -0.1) is 0 Å². The molecular formula is C16H11ClN2O2. The third kappa shape index (κ3) is 2.66. The molecule has 0 amide bonds. The first kappa shape index (κ1) is 13.4. The third-order valence-corrected chi connectivity index (χ3v) is 3.30. The summed E-state index contributed by atoms with van der Waals surface area (Å²) in [6.07, 6.45) is 0. The van der Waals surface area contributed by atoms with Crippen molar-refractivity contribution in [1.82, 2.24) is 9.97 Å². The van der Waals surface area contributed by atoms with E-state index in [9.17, 15) is 9.90 Å². The van der Waals surface area contributed by atoms with Gasteiger partial charge >= 0.3 is 0 Å². The minimum Gasteiger partial charge on any atom is -0.493 e. The number of hydrogen-bond donors (Lipinski definition) is 2. The number of aromatic hydroxyl groups is 1. The predicted octanol–water partition coefficient (Wildman–Crippen LogP) is 3.46. The third-order valence-electron chi connectivity index (χ3n) is 3.06. The summed E-state index contributed by atoms with van der Waals surface area (Å²) in [5.74, 6) is 0.00347. The Hall–Kier alpha value is -2.59. The standard InChI is InChI=1S/C16H11ClN2O2/c17-12-8-4-7-11(9-12)13-15(20)18-14(19-16(13)21)10-5-2-1-3-6-10/h1-9H,(H2,18,19,20,21). The van der Waals surface area contributed by atoms with Crippen molar-refractivity contribution >= 4 is 11.6 Å². The van der Waals surface area contributed by atoms with Crippen molar-refractivity contribution in [3.63, 3.8) is 0 Å². The molecule has 0 fully saturated rings. The molecule has 0 spiro atoms. The number of nitrogens with zero attached hydrogens (tertiary/aromatic N) is 1. The lowest BCUT2D eigenvalue weighted by molar-refractivity contribution is 0.454. The second-order valence-electron chi connectivity index (χ2n) is 4.49. The van der Waals surface area contributed by atoms with Crippen molar-refractivity contribution in [2.75, 3.05) is 0 Å². The largest absolute Gasteiger partial charge is 0.493 e. The molecule has 0 unspecified atom stereocenters. The van der Waals surface area contributed by atoms with E-state index in [-0.39, 0.29) is 11.4 Å². The lowest BCUT2D eigenvalue weighted by Crippen LogP contribution is -2.12. The van der Waals surface area contributed by atoms with Gasteiger partial charge in [-0.25, -0.2) is 0 Å². The number of H-pyrrole nitrogens is 1. The fraction of sp³-hybridized carbons (Fsp3) is 0. The maximum absolute atomic E-state index is 12.2. The molecule has 2 aromatic carbocycles. The topological polar surface area (TPSA) is 66.0 Å². The van der Waals surface area contributed by atoms with Gasteiger partial charge < -0.3 is 10.1 Å². The summed E-state index contributed by atoms with van der Waals surface area (Å²) in [7, 11) is 0. The van der Waals surface area contributed by atoms with Crippen LogP contribution in [-0.2, 0) is 0 Å². The Morgan fingerprint density at radius 3 is 2.38 bits per heavy atom. The molecule has 0 radical (unpaired) electrons. The van der Waals surface area contributed by atoms with Gasteiger partial charge in [-0.1, -0.05) is 54.1 Å². The van der Waals surface area contributed by atoms with E-state index < -0.39 is 5.56 Å². The molecule has 1 aromatic heterocycles. The molecule has 1 heterocycles. The number of aromatic nitrogens is 2. The molecular weight excluding hydrogens is 288 g/mol. The molecule has 0 saturated heterocycles. The summed E-state index contributed by atoms with van der Waals surface area (Å²) < 4.78 is 0. The molecule has 4 nitrogen and oxygen atoms in total. The summed E-state index contributed by atoms with van der Waals surface area (Å²) in [5.41, 5.74) is 0.941. The fourth-order valence-electron chi connectivity index (χ4n) is 2.10. The Balaban J connectivity index is 2.16. The quantitative estimate of drug-likeness (QED) is 0.761. The molecule has 21 heavy (non-hydrogen) atoms. The summed E-state index contributed by atoms with van der Waals surface area (Å²) >= 11 is 5.91. The van der Waals surface area contributed by atoms with Crippen LogP contribution in [0.3, 0.4) is 0 Å². The maximum Gasteiger partial charge on any atom is 0.262 e. The second kappa shape index (κ2) is 5.42. The van der Waals surface area contributed by atoms with Crippen molar-refractivity contribution in [2.24, 2.45) is 0 Å². The predicted molar refractivity (Wildman–Crippen MR) is 82.4 cm³/mol. The average molecular weight is 299 g/mol. The number of halogens is 1. The van der Waals surface area contributed by atoms with Crippen LogP contribution in [0.25, 0.3) is 22.5 Å². The number of nitrogens with one attached hydrogen (secondary N) is 1.